The standard InChI is InChI=1S/C17H21BrN2/c1-4-13-5-8-16(9-6-13)20(3)17-10-7-15(18)11-14(17)12-19-2/h5-11,19H,4,12H2,1-3H3. The Kier molecular flexibility index (Phi) is 5.21. The minimum atomic E-state index is 0.853. The van der Waals surface area contributed by atoms with Crippen LogP contribution >= 0.6 is 15.9 Å². The van der Waals surface area contributed by atoms with Gasteiger partial charge in [0.25, 0.3) is 0 Å². The van der Waals surface area contributed by atoms with Crippen molar-refractivity contribution in [2.24, 2.45) is 0 Å². The predicted molar refractivity (Wildman–Crippen MR) is 90.8 cm³/mol. The molecule has 0 atom stereocenters. The smallest absolute Gasteiger partial charge is 0.0454 e. The molecule has 1 N–H and O–H groups in total. The third-order valence-electron chi connectivity index (χ3n) is 3.50. The van der Waals surface area contributed by atoms with Gasteiger partial charge in [-0.15, -0.1) is 0 Å². The average Bonchev–Trinajstić information content (AvgIpc) is 2.47. The Morgan fingerprint density at radius 1 is 1.10 bits per heavy atom. The van der Waals surface area contributed by atoms with Crippen LogP contribution in [-0.2, 0) is 13.0 Å². The van der Waals surface area contributed by atoms with E-state index in [-0.39, 0.29) is 0 Å². The molecule has 0 aromatic heterocycles. The summed E-state index contributed by atoms with van der Waals surface area (Å²) >= 11 is 3.54. The quantitative estimate of drug-likeness (QED) is 0.867. The second kappa shape index (κ2) is 6.91. The van der Waals surface area contributed by atoms with Crippen LogP contribution < -0.4 is 10.2 Å². The van der Waals surface area contributed by atoms with E-state index < -0.39 is 0 Å². The molecule has 0 saturated carbocycles. The molecule has 2 rings (SSSR count). The Balaban J connectivity index is 2.33. The second-order valence-corrected chi connectivity index (χ2v) is 5.80. The van der Waals surface area contributed by atoms with Crippen molar-refractivity contribution >= 4 is 27.3 Å². The molecule has 2 aromatic carbocycles. The van der Waals surface area contributed by atoms with E-state index in [0.717, 1.165) is 17.4 Å². The molecule has 0 saturated heterocycles. The van der Waals surface area contributed by atoms with Gasteiger partial charge in [0, 0.05) is 29.4 Å². The van der Waals surface area contributed by atoms with E-state index in [1.54, 1.807) is 0 Å². The van der Waals surface area contributed by atoms with Gasteiger partial charge in [0.05, 0.1) is 0 Å². The Bertz CT molecular complexity index is 564. The maximum absolute atomic E-state index is 3.54. The van der Waals surface area contributed by atoms with Gasteiger partial charge in [-0.1, -0.05) is 35.0 Å². The first-order chi connectivity index (χ1) is 9.65. The zero-order chi connectivity index (χ0) is 14.5. The predicted octanol–water partition coefficient (Wildman–Crippen LogP) is 4.50. The van der Waals surface area contributed by atoms with Crippen molar-refractivity contribution in [1.82, 2.24) is 5.32 Å². The topological polar surface area (TPSA) is 15.3 Å². The van der Waals surface area contributed by atoms with Gasteiger partial charge in [0.2, 0.25) is 0 Å². The van der Waals surface area contributed by atoms with Gasteiger partial charge in [-0.2, -0.15) is 0 Å². The second-order valence-electron chi connectivity index (χ2n) is 4.88. The lowest BCUT2D eigenvalue weighted by molar-refractivity contribution is 0.815. The zero-order valence-electron chi connectivity index (χ0n) is 12.3. The fraction of sp³-hybridized carbons (Fsp3) is 0.294. The summed E-state index contributed by atoms with van der Waals surface area (Å²) < 4.78 is 1.11. The first-order valence-electron chi connectivity index (χ1n) is 6.91. The molecule has 0 bridgehead atoms. The van der Waals surface area contributed by atoms with E-state index in [1.807, 2.05) is 7.05 Å². The van der Waals surface area contributed by atoms with Crippen LogP contribution in [0, 0.1) is 0 Å². The number of nitrogens with one attached hydrogen (secondary N) is 1. The van der Waals surface area contributed by atoms with E-state index >= 15 is 0 Å². The molecule has 106 valence electrons. The summed E-state index contributed by atoms with van der Waals surface area (Å²) in [5.41, 5.74) is 5.09. The van der Waals surface area contributed by atoms with Crippen LogP contribution in [0.3, 0.4) is 0 Å². The first-order valence-corrected chi connectivity index (χ1v) is 7.70. The van der Waals surface area contributed by atoms with Gasteiger partial charge < -0.3 is 10.2 Å². The molecule has 0 heterocycles. The monoisotopic (exact) mass is 332 g/mol. The molecule has 20 heavy (non-hydrogen) atoms. The SMILES string of the molecule is CCc1ccc(N(C)c2ccc(Br)cc2CNC)cc1. The Labute approximate surface area is 129 Å². The van der Waals surface area contributed by atoms with E-state index in [0.29, 0.717) is 0 Å². The maximum atomic E-state index is 3.54. The summed E-state index contributed by atoms with van der Waals surface area (Å²) in [7, 11) is 4.09. The third kappa shape index (κ3) is 3.41. The van der Waals surface area contributed by atoms with Gasteiger partial charge >= 0.3 is 0 Å². The molecule has 0 fully saturated rings. The highest BCUT2D eigenvalue weighted by Gasteiger charge is 2.09. The van der Waals surface area contributed by atoms with Crippen molar-refractivity contribution in [1.29, 1.82) is 0 Å². The van der Waals surface area contributed by atoms with Crippen LogP contribution in [0.2, 0.25) is 0 Å². The Morgan fingerprint density at radius 2 is 1.80 bits per heavy atom. The van der Waals surface area contributed by atoms with Crippen molar-refractivity contribution in [3.63, 3.8) is 0 Å². The summed E-state index contributed by atoms with van der Waals surface area (Å²) in [6.07, 6.45) is 1.08. The number of benzene rings is 2. The number of hydrogen-bond donors (Lipinski definition) is 1. The summed E-state index contributed by atoms with van der Waals surface area (Å²) in [4.78, 5) is 2.23. The summed E-state index contributed by atoms with van der Waals surface area (Å²) in [6, 6.07) is 15.2. The Morgan fingerprint density at radius 3 is 2.40 bits per heavy atom. The third-order valence-corrected chi connectivity index (χ3v) is 4.00. The molecule has 2 aromatic rings. The highest BCUT2D eigenvalue weighted by molar-refractivity contribution is 9.10. The number of halogens is 1. The molecule has 0 aliphatic carbocycles. The van der Waals surface area contributed by atoms with Gasteiger partial charge in [-0.05, 0) is 54.9 Å². The molecule has 3 heteroatoms. The molecule has 0 unspecified atom stereocenters. The van der Waals surface area contributed by atoms with Gasteiger partial charge in [0.1, 0.15) is 0 Å². The first kappa shape index (κ1) is 15.1. The molecular formula is C17H21BrN2. The van der Waals surface area contributed by atoms with E-state index in [2.05, 4.69) is 82.6 Å². The summed E-state index contributed by atoms with van der Waals surface area (Å²) in [6.45, 7) is 3.03. The van der Waals surface area contributed by atoms with E-state index in [4.69, 9.17) is 0 Å². The number of hydrogen-bond acceptors (Lipinski definition) is 2. The van der Waals surface area contributed by atoms with Crippen molar-refractivity contribution in [2.75, 3.05) is 19.0 Å². The summed E-state index contributed by atoms with van der Waals surface area (Å²) in [5.74, 6) is 0. The Hall–Kier alpha value is -1.32. The van der Waals surface area contributed by atoms with Crippen LogP contribution in [0.1, 0.15) is 18.1 Å². The fourth-order valence-corrected chi connectivity index (χ4v) is 2.72. The average molecular weight is 333 g/mol. The van der Waals surface area contributed by atoms with Gasteiger partial charge in [-0.25, -0.2) is 0 Å². The lowest BCUT2D eigenvalue weighted by atomic mass is 10.1. The van der Waals surface area contributed by atoms with Crippen molar-refractivity contribution in [3.8, 4) is 0 Å². The van der Waals surface area contributed by atoms with Crippen LogP contribution in [0.25, 0.3) is 0 Å². The molecule has 0 radical (unpaired) electrons. The summed E-state index contributed by atoms with van der Waals surface area (Å²) in [5, 5.41) is 3.23. The zero-order valence-corrected chi connectivity index (χ0v) is 13.9. The van der Waals surface area contributed by atoms with Crippen LogP contribution in [0.15, 0.2) is 46.9 Å². The largest absolute Gasteiger partial charge is 0.344 e. The number of nitrogens with zero attached hydrogens (tertiary/aromatic N) is 1. The minimum Gasteiger partial charge on any atom is -0.344 e. The molecular weight excluding hydrogens is 312 g/mol. The fourth-order valence-electron chi connectivity index (χ4n) is 2.31. The van der Waals surface area contributed by atoms with Crippen molar-refractivity contribution in [3.05, 3.63) is 58.1 Å². The lowest BCUT2D eigenvalue weighted by Crippen LogP contribution is -2.15. The van der Waals surface area contributed by atoms with Crippen LogP contribution in [0.5, 0.6) is 0 Å². The highest BCUT2D eigenvalue weighted by atomic mass is 79.9. The highest BCUT2D eigenvalue weighted by Crippen LogP contribution is 2.29. The van der Waals surface area contributed by atoms with Crippen molar-refractivity contribution in [2.45, 2.75) is 19.9 Å². The minimum absolute atomic E-state index is 0.853. The number of rotatable bonds is 5. The van der Waals surface area contributed by atoms with Crippen LogP contribution in [0.4, 0.5) is 11.4 Å². The number of anilines is 2. The van der Waals surface area contributed by atoms with Gasteiger partial charge in [-0.3, -0.25) is 0 Å². The van der Waals surface area contributed by atoms with E-state index in [9.17, 15) is 0 Å². The van der Waals surface area contributed by atoms with Crippen LogP contribution in [-0.4, -0.2) is 14.1 Å². The molecule has 0 amide bonds. The van der Waals surface area contributed by atoms with Gasteiger partial charge in [0.15, 0.2) is 0 Å². The molecule has 2 nitrogen and oxygen atoms in total. The number of aryl methyl sites for hydroxylation is 1. The molecule has 0 aliphatic rings. The molecule has 0 spiro atoms. The van der Waals surface area contributed by atoms with Crippen molar-refractivity contribution < 1.29 is 0 Å². The normalized spacial score (nSPS) is 10.6. The lowest BCUT2D eigenvalue weighted by Gasteiger charge is -2.23. The maximum Gasteiger partial charge on any atom is 0.0454 e. The molecule has 0 aliphatic heterocycles. The van der Waals surface area contributed by atoms with E-state index in [1.165, 1.54) is 22.5 Å².